The molecular formula is C19H24N6O3. The highest BCUT2D eigenvalue weighted by Gasteiger charge is 2.19. The van der Waals surface area contributed by atoms with Crippen molar-refractivity contribution in [3.05, 3.63) is 36.3 Å². The van der Waals surface area contributed by atoms with Crippen LogP contribution in [0.5, 0.6) is 0 Å². The summed E-state index contributed by atoms with van der Waals surface area (Å²) in [4.78, 5) is 13.8. The lowest BCUT2D eigenvalue weighted by atomic mass is 10.4. The molecule has 2 fully saturated rings. The average Bonchev–Trinajstić information content (AvgIpc) is 3.28. The number of hydrogen-bond donors (Lipinski definition) is 1. The van der Waals surface area contributed by atoms with Crippen LogP contribution in [0.4, 0.5) is 17.6 Å². The smallest absolute Gasteiger partial charge is 0.229 e. The Balaban J connectivity index is 1.49. The van der Waals surface area contributed by atoms with Crippen molar-refractivity contribution in [1.29, 1.82) is 0 Å². The zero-order chi connectivity index (χ0) is 19.0. The van der Waals surface area contributed by atoms with E-state index >= 15 is 0 Å². The zero-order valence-corrected chi connectivity index (χ0v) is 15.7. The van der Waals surface area contributed by atoms with Gasteiger partial charge in [-0.3, -0.25) is 5.43 Å². The molecule has 4 rings (SSSR count). The molecule has 2 aliphatic rings. The van der Waals surface area contributed by atoms with Gasteiger partial charge in [0.2, 0.25) is 5.95 Å². The fourth-order valence-corrected chi connectivity index (χ4v) is 3.01. The normalized spacial score (nSPS) is 18.3. The molecule has 0 radical (unpaired) electrons. The maximum atomic E-state index is 5.45. The summed E-state index contributed by atoms with van der Waals surface area (Å²) >= 11 is 0. The van der Waals surface area contributed by atoms with E-state index in [1.165, 1.54) is 0 Å². The van der Waals surface area contributed by atoms with Crippen molar-refractivity contribution in [1.82, 2.24) is 9.97 Å². The fourth-order valence-electron chi connectivity index (χ4n) is 3.01. The van der Waals surface area contributed by atoms with Crippen LogP contribution in [-0.2, 0) is 9.47 Å². The lowest BCUT2D eigenvalue weighted by Gasteiger charge is -2.31. The second-order valence-corrected chi connectivity index (χ2v) is 6.37. The molecule has 2 aromatic heterocycles. The molecule has 148 valence electrons. The highest BCUT2D eigenvalue weighted by atomic mass is 16.5. The number of hydrogen-bond acceptors (Lipinski definition) is 9. The van der Waals surface area contributed by atoms with E-state index in [1.54, 1.807) is 18.6 Å². The summed E-state index contributed by atoms with van der Waals surface area (Å²) in [6, 6.07) is 5.64. The first-order valence-electron chi connectivity index (χ1n) is 9.42. The van der Waals surface area contributed by atoms with E-state index in [4.69, 9.17) is 18.9 Å². The average molecular weight is 384 g/mol. The van der Waals surface area contributed by atoms with E-state index in [2.05, 4.69) is 25.3 Å². The molecule has 0 unspecified atom stereocenters. The van der Waals surface area contributed by atoms with Crippen molar-refractivity contribution in [2.75, 3.05) is 67.8 Å². The maximum absolute atomic E-state index is 5.45. The minimum Gasteiger partial charge on any atom is -0.465 e. The van der Waals surface area contributed by atoms with Crippen LogP contribution in [-0.4, -0.2) is 68.8 Å². The van der Waals surface area contributed by atoms with Gasteiger partial charge < -0.3 is 23.7 Å². The van der Waals surface area contributed by atoms with Crippen LogP contribution >= 0.6 is 0 Å². The standard InChI is InChI=1S/C19H24N6O3/c1(3-16-4-2-10-28-16)5-20-23-17-15-18(24-6-11-26-12-7-24)22-19(21-17)25-8-13-27-14-9-25/h1-5,10,15H,6-9,11-14H2,(H,21,22,23). The number of rotatable bonds is 6. The third-order valence-corrected chi connectivity index (χ3v) is 4.47. The zero-order valence-electron chi connectivity index (χ0n) is 15.7. The molecule has 28 heavy (non-hydrogen) atoms. The van der Waals surface area contributed by atoms with Gasteiger partial charge in [0, 0.05) is 38.5 Å². The van der Waals surface area contributed by atoms with Gasteiger partial charge in [0.25, 0.3) is 0 Å². The summed E-state index contributed by atoms with van der Waals surface area (Å²) in [6.45, 7) is 5.96. The summed E-state index contributed by atoms with van der Waals surface area (Å²) in [5.41, 5.74) is 3.00. The van der Waals surface area contributed by atoms with Gasteiger partial charge in [0.15, 0.2) is 5.82 Å². The molecule has 0 aliphatic carbocycles. The number of anilines is 3. The molecule has 2 saturated heterocycles. The van der Waals surface area contributed by atoms with Crippen LogP contribution < -0.4 is 15.2 Å². The first-order chi connectivity index (χ1) is 13.9. The molecular weight excluding hydrogens is 360 g/mol. The van der Waals surface area contributed by atoms with E-state index in [0.29, 0.717) is 38.2 Å². The quantitative estimate of drug-likeness (QED) is 0.596. The molecule has 0 atom stereocenters. The highest BCUT2D eigenvalue weighted by molar-refractivity contribution is 5.78. The number of hydrazone groups is 1. The van der Waals surface area contributed by atoms with Gasteiger partial charge in [-0.2, -0.15) is 15.1 Å². The second-order valence-electron chi connectivity index (χ2n) is 6.37. The predicted octanol–water partition coefficient (Wildman–Crippen LogP) is 1.85. The highest BCUT2D eigenvalue weighted by Crippen LogP contribution is 2.22. The molecule has 1 N–H and O–H groups in total. The summed E-state index contributed by atoms with van der Waals surface area (Å²) in [5.74, 6) is 3.00. The first-order valence-corrected chi connectivity index (χ1v) is 9.42. The van der Waals surface area contributed by atoms with Crippen molar-refractivity contribution >= 4 is 29.9 Å². The monoisotopic (exact) mass is 384 g/mol. The van der Waals surface area contributed by atoms with E-state index in [-0.39, 0.29) is 0 Å². The van der Waals surface area contributed by atoms with Crippen molar-refractivity contribution in [2.24, 2.45) is 5.10 Å². The Bertz CT molecular complexity index is 760. The maximum Gasteiger partial charge on any atom is 0.229 e. The summed E-state index contributed by atoms with van der Waals surface area (Å²) in [5, 5.41) is 4.23. The number of ether oxygens (including phenoxy) is 2. The Kier molecular flexibility index (Phi) is 6.15. The van der Waals surface area contributed by atoms with Crippen molar-refractivity contribution in [3.8, 4) is 0 Å². The van der Waals surface area contributed by atoms with Gasteiger partial charge in [-0.05, 0) is 24.3 Å². The molecule has 0 bridgehead atoms. The third kappa shape index (κ3) is 4.87. The van der Waals surface area contributed by atoms with Gasteiger partial charge >= 0.3 is 0 Å². The SMILES string of the molecule is C(=Cc1ccco1)C=NNc1cc(N2CCOCC2)nc(N2CCOCC2)n1. The summed E-state index contributed by atoms with van der Waals surface area (Å²) in [7, 11) is 0. The molecule has 4 heterocycles. The molecule has 2 aliphatic heterocycles. The number of furan rings is 1. The van der Waals surface area contributed by atoms with Crippen LogP contribution in [0.15, 0.2) is 40.1 Å². The molecule has 0 aromatic carbocycles. The number of aromatic nitrogens is 2. The molecule has 0 spiro atoms. The van der Waals surface area contributed by atoms with E-state index in [9.17, 15) is 0 Å². The van der Waals surface area contributed by atoms with Crippen LogP contribution in [0.25, 0.3) is 6.08 Å². The van der Waals surface area contributed by atoms with E-state index in [0.717, 1.165) is 37.8 Å². The predicted molar refractivity (Wildman–Crippen MR) is 108 cm³/mol. The van der Waals surface area contributed by atoms with E-state index in [1.807, 2.05) is 24.3 Å². The van der Waals surface area contributed by atoms with Gasteiger partial charge in [-0.1, -0.05) is 0 Å². The summed E-state index contributed by atoms with van der Waals surface area (Å²) in [6.07, 6.45) is 6.94. The van der Waals surface area contributed by atoms with Crippen molar-refractivity contribution in [3.63, 3.8) is 0 Å². The molecule has 2 aromatic rings. The molecule has 0 amide bonds. The minimum atomic E-state index is 0.653. The van der Waals surface area contributed by atoms with Gasteiger partial charge in [0.1, 0.15) is 11.6 Å². The number of nitrogens with one attached hydrogen (secondary N) is 1. The Morgan fingerprint density at radius 2 is 1.75 bits per heavy atom. The minimum absolute atomic E-state index is 0.653. The molecule has 9 heteroatoms. The second kappa shape index (κ2) is 9.34. The summed E-state index contributed by atoms with van der Waals surface area (Å²) < 4.78 is 16.1. The molecule has 0 saturated carbocycles. The Hall–Kier alpha value is -2.91. The van der Waals surface area contributed by atoms with Crippen LogP contribution in [0.2, 0.25) is 0 Å². The Morgan fingerprint density at radius 1 is 1.00 bits per heavy atom. The Labute approximate surface area is 163 Å². The van der Waals surface area contributed by atoms with Gasteiger partial charge in [-0.15, -0.1) is 0 Å². The largest absolute Gasteiger partial charge is 0.465 e. The van der Waals surface area contributed by atoms with Gasteiger partial charge in [0.05, 0.1) is 32.7 Å². The van der Waals surface area contributed by atoms with Crippen molar-refractivity contribution in [2.45, 2.75) is 0 Å². The van der Waals surface area contributed by atoms with Crippen LogP contribution in [0.1, 0.15) is 5.76 Å². The van der Waals surface area contributed by atoms with Crippen molar-refractivity contribution < 1.29 is 13.9 Å². The number of nitrogens with zero attached hydrogens (tertiary/aromatic N) is 5. The fraction of sp³-hybridized carbons (Fsp3) is 0.421. The van der Waals surface area contributed by atoms with E-state index < -0.39 is 0 Å². The molecule has 9 nitrogen and oxygen atoms in total. The number of allylic oxidation sites excluding steroid dienone is 1. The first kappa shape index (κ1) is 18.5. The van der Waals surface area contributed by atoms with Crippen LogP contribution in [0, 0.1) is 0 Å². The number of morpholine rings is 2. The topological polar surface area (TPSA) is 88.2 Å². The lowest BCUT2D eigenvalue weighted by Crippen LogP contribution is -2.39. The Morgan fingerprint density at radius 3 is 2.46 bits per heavy atom. The van der Waals surface area contributed by atoms with Gasteiger partial charge in [-0.25, -0.2) is 0 Å². The third-order valence-electron chi connectivity index (χ3n) is 4.47. The van der Waals surface area contributed by atoms with Crippen LogP contribution in [0.3, 0.4) is 0 Å². The lowest BCUT2D eigenvalue weighted by molar-refractivity contribution is 0.121.